The van der Waals surface area contributed by atoms with Gasteiger partial charge in [0, 0.05) is 16.7 Å². The molecule has 1 unspecified atom stereocenters. The molecule has 2 aromatic rings. The molecule has 0 heterocycles. The van der Waals surface area contributed by atoms with Gasteiger partial charge in [-0.05, 0) is 30.2 Å². The topological polar surface area (TPSA) is 18.5 Å². The summed E-state index contributed by atoms with van der Waals surface area (Å²) in [4.78, 5) is 0. The summed E-state index contributed by atoms with van der Waals surface area (Å²) in [5.74, 6) is 0.366. The predicted octanol–water partition coefficient (Wildman–Crippen LogP) is 5.02. The first-order valence-corrected chi connectivity index (χ1v) is 7.16. The normalized spacial score (nSPS) is 12.0. The van der Waals surface area contributed by atoms with Gasteiger partial charge < -0.3 is 9.47 Å². The fraction of sp³-hybridized carbons (Fsp3) is 0.250. The van der Waals surface area contributed by atoms with Crippen LogP contribution in [0.15, 0.2) is 36.4 Å². The van der Waals surface area contributed by atoms with Gasteiger partial charge in [-0.25, -0.2) is 4.39 Å². The van der Waals surface area contributed by atoms with E-state index in [4.69, 9.17) is 32.7 Å². The molecule has 0 fully saturated rings. The highest BCUT2D eigenvalue weighted by atomic mass is 35.5. The van der Waals surface area contributed by atoms with Crippen molar-refractivity contribution < 1.29 is 13.9 Å². The van der Waals surface area contributed by atoms with Crippen molar-refractivity contribution in [3.8, 4) is 11.5 Å². The molecule has 1 atom stereocenters. The number of ether oxygens (including phenoxy) is 2. The SMILES string of the molecule is COc1cc(F)c(C(Cl)Cc2cccc(Cl)c2)cc1OC. The summed E-state index contributed by atoms with van der Waals surface area (Å²) in [6.07, 6.45) is 0.467. The van der Waals surface area contributed by atoms with Crippen molar-refractivity contribution in [2.45, 2.75) is 11.8 Å². The van der Waals surface area contributed by atoms with Gasteiger partial charge in [-0.15, -0.1) is 11.6 Å². The molecule has 2 rings (SSSR count). The van der Waals surface area contributed by atoms with Crippen LogP contribution in [0.1, 0.15) is 16.5 Å². The van der Waals surface area contributed by atoms with Crippen LogP contribution in [-0.2, 0) is 6.42 Å². The predicted molar refractivity (Wildman–Crippen MR) is 83.3 cm³/mol. The van der Waals surface area contributed by atoms with E-state index in [0.29, 0.717) is 28.5 Å². The number of alkyl halides is 1. The molecule has 0 aliphatic heterocycles. The van der Waals surface area contributed by atoms with Crippen LogP contribution in [0.25, 0.3) is 0 Å². The fourth-order valence-electron chi connectivity index (χ4n) is 2.09. The molecule has 0 N–H and O–H groups in total. The van der Waals surface area contributed by atoms with Crippen LogP contribution in [0, 0.1) is 5.82 Å². The lowest BCUT2D eigenvalue weighted by atomic mass is 10.0. The average Bonchev–Trinajstić information content (AvgIpc) is 2.46. The maximum Gasteiger partial charge on any atom is 0.163 e. The van der Waals surface area contributed by atoms with Gasteiger partial charge in [-0.3, -0.25) is 0 Å². The molecule has 0 amide bonds. The van der Waals surface area contributed by atoms with Gasteiger partial charge in [-0.1, -0.05) is 23.7 Å². The van der Waals surface area contributed by atoms with Crippen molar-refractivity contribution in [1.29, 1.82) is 0 Å². The minimum absolute atomic E-state index is 0.338. The van der Waals surface area contributed by atoms with Crippen LogP contribution in [0.3, 0.4) is 0 Å². The zero-order chi connectivity index (χ0) is 15.4. The molecule has 0 radical (unpaired) electrons. The minimum Gasteiger partial charge on any atom is -0.493 e. The van der Waals surface area contributed by atoms with E-state index in [-0.39, 0.29) is 0 Å². The second-order valence-electron chi connectivity index (χ2n) is 4.53. The summed E-state index contributed by atoms with van der Waals surface area (Å²) in [5, 5.41) is 0.104. The van der Waals surface area contributed by atoms with Crippen LogP contribution in [0.2, 0.25) is 5.02 Å². The van der Waals surface area contributed by atoms with E-state index in [0.717, 1.165) is 5.56 Å². The van der Waals surface area contributed by atoms with Gasteiger partial charge >= 0.3 is 0 Å². The van der Waals surface area contributed by atoms with Crippen molar-refractivity contribution in [3.63, 3.8) is 0 Å². The molecule has 0 bridgehead atoms. The number of benzene rings is 2. The molecule has 0 saturated carbocycles. The summed E-state index contributed by atoms with van der Waals surface area (Å²) in [5.41, 5.74) is 1.31. The molecule has 21 heavy (non-hydrogen) atoms. The number of halogens is 3. The Bertz CT molecular complexity index is 632. The maximum absolute atomic E-state index is 14.1. The first-order chi connectivity index (χ1) is 10.0. The molecule has 0 aliphatic carbocycles. The Kier molecular flexibility index (Phi) is 5.32. The van der Waals surface area contributed by atoms with Crippen LogP contribution >= 0.6 is 23.2 Å². The van der Waals surface area contributed by atoms with E-state index in [1.807, 2.05) is 18.2 Å². The number of hydrogen-bond acceptors (Lipinski definition) is 2. The molecule has 0 aliphatic rings. The summed E-state index contributed by atoms with van der Waals surface area (Å²) < 4.78 is 24.4. The molecule has 5 heteroatoms. The van der Waals surface area contributed by atoms with Crippen molar-refractivity contribution in [1.82, 2.24) is 0 Å². The van der Waals surface area contributed by atoms with Gasteiger partial charge in [0.15, 0.2) is 11.5 Å². The van der Waals surface area contributed by atoms with Gasteiger partial charge in [0.2, 0.25) is 0 Å². The highest BCUT2D eigenvalue weighted by Crippen LogP contribution is 2.36. The third-order valence-corrected chi connectivity index (χ3v) is 3.77. The van der Waals surface area contributed by atoms with E-state index in [9.17, 15) is 4.39 Å². The van der Waals surface area contributed by atoms with E-state index in [1.165, 1.54) is 20.3 Å². The third kappa shape index (κ3) is 3.80. The molecule has 2 aromatic carbocycles. The lowest BCUT2D eigenvalue weighted by Crippen LogP contribution is -2.01. The largest absolute Gasteiger partial charge is 0.493 e. The molecular formula is C16H15Cl2FO2. The molecule has 0 saturated heterocycles. The zero-order valence-corrected chi connectivity index (χ0v) is 13.2. The molecular weight excluding hydrogens is 314 g/mol. The van der Waals surface area contributed by atoms with Gasteiger partial charge in [0.25, 0.3) is 0 Å². The van der Waals surface area contributed by atoms with Crippen molar-refractivity contribution in [3.05, 3.63) is 58.4 Å². The smallest absolute Gasteiger partial charge is 0.163 e. The molecule has 112 valence electrons. The lowest BCUT2D eigenvalue weighted by molar-refractivity contribution is 0.351. The summed E-state index contributed by atoms with van der Waals surface area (Å²) >= 11 is 12.3. The van der Waals surface area contributed by atoms with Crippen LogP contribution < -0.4 is 9.47 Å². The Morgan fingerprint density at radius 1 is 1.10 bits per heavy atom. The van der Waals surface area contributed by atoms with Crippen molar-refractivity contribution in [2.75, 3.05) is 14.2 Å². The zero-order valence-electron chi connectivity index (χ0n) is 11.7. The summed E-state index contributed by atoms with van der Waals surface area (Å²) in [6.45, 7) is 0. The standard InChI is InChI=1S/C16H15Cl2FO2/c1-20-15-8-12(14(19)9-16(15)21-2)13(18)7-10-4-3-5-11(17)6-10/h3-6,8-9,13H,7H2,1-2H3. The second kappa shape index (κ2) is 7.01. The first kappa shape index (κ1) is 15.9. The molecule has 0 spiro atoms. The minimum atomic E-state index is -0.525. The highest BCUT2D eigenvalue weighted by molar-refractivity contribution is 6.30. The Morgan fingerprint density at radius 3 is 2.38 bits per heavy atom. The Balaban J connectivity index is 2.28. The Labute approximate surface area is 133 Å². The monoisotopic (exact) mass is 328 g/mol. The maximum atomic E-state index is 14.1. The average molecular weight is 329 g/mol. The molecule has 2 nitrogen and oxygen atoms in total. The first-order valence-electron chi connectivity index (χ1n) is 6.35. The van der Waals surface area contributed by atoms with Crippen LogP contribution in [-0.4, -0.2) is 14.2 Å². The van der Waals surface area contributed by atoms with Crippen LogP contribution in [0.5, 0.6) is 11.5 Å². The van der Waals surface area contributed by atoms with E-state index in [1.54, 1.807) is 12.1 Å². The Hall–Kier alpha value is -1.45. The van der Waals surface area contributed by atoms with Crippen molar-refractivity contribution >= 4 is 23.2 Å². The van der Waals surface area contributed by atoms with E-state index >= 15 is 0 Å². The Morgan fingerprint density at radius 2 is 1.76 bits per heavy atom. The summed E-state index contributed by atoms with van der Waals surface area (Å²) in [6, 6.07) is 10.2. The van der Waals surface area contributed by atoms with Crippen molar-refractivity contribution in [2.24, 2.45) is 0 Å². The van der Waals surface area contributed by atoms with E-state index in [2.05, 4.69) is 0 Å². The van der Waals surface area contributed by atoms with Crippen LogP contribution in [0.4, 0.5) is 4.39 Å². The number of rotatable bonds is 5. The lowest BCUT2D eigenvalue weighted by Gasteiger charge is -2.15. The van der Waals surface area contributed by atoms with Gasteiger partial charge in [0.1, 0.15) is 5.82 Å². The second-order valence-corrected chi connectivity index (χ2v) is 5.49. The third-order valence-electron chi connectivity index (χ3n) is 3.14. The highest BCUT2D eigenvalue weighted by Gasteiger charge is 2.18. The van der Waals surface area contributed by atoms with E-state index < -0.39 is 11.2 Å². The molecule has 0 aromatic heterocycles. The quantitative estimate of drug-likeness (QED) is 0.717. The van der Waals surface area contributed by atoms with Gasteiger partial charge in [-0.2, -0.15) is 0 Å². The number of hydrogen-bond donors (Lipinski definition) is 0. The fourth-order valence-corrected chi connectivity index (χ4v) is 2.65. The summed E-state index contributed by atoms with van der Waals surface area (Å²) in [7, 11) is 2.96. The number of methoxy groups -OCH3 is 2. The van der Waals surface area contributed by atoms with Gasteiger partial charge in [0.05, 0.1) is 19.6 Å².